The van der Waals surface area contributed by atoms with Crippen LogP contribution in [0.25, 0.3) is 56.1 Å². The Morgan fingerprint density at radius 3 is 2.70 bits per heavy atom. The van der Waals surface area contributed by atoms with E-state index < -0.39 is 0 Å². The van der Waals surface area contributed by atoms with Crippen molar-refractivity contribution in [3.63, 3.8) is 0 Å². The van der Waals surface area contributed by atoms with Crippen LogP contribution in [0.15, 0.2) is 67.4 Å². The average Bonchev–Trinajstić information content (AvgIpc) is 3.62. The minimum Gasteiger partial charge on any atom is -0.335 e. The number of amides is 1. The summed E-state index contributed by atoms with van der Waals surface area (Å²) in [6.07, 6.45) is 11.2. The largest absolute Gasteiger partial charge is 0.335 e. The highest BCUT2D eigenvalue weighted by molar-refractivity contribution is 5.95. The number of carbonyl (C=O) groups is 1. The van der Waals surface area contributed by atoms with Crippen molar-refractivity contribution in [1.29, 1.82) is 0 Å². The number of piperidine rings is 1. The van der Waals surface area contributed by atoms with Gasteiger partial charge in [0.15, 0.2) is 17.2 Å². The van der Waals surface area contributed by atoms with Crippen LogP contribution in [0.4, 0.5) is 5.69 Å². The molecular weight excluding hydrogens is 504 g/mol. The minimum absolute atomic E-state index is 0.0102. The molecule has 0 spiro atoms. The monoisotopic (exact) mass is 530 g/mol. The fourth-order valence-corrected chi connectivity index (χ4v) is 5.23. The van der Waals surface area contributed by atoms with Gasteiger partial charge in [0.1, 0.15) is 5.52 Å². The van der Waals surface area contributed by atoms with Gasteiger partial charge in [0.25, 0.3) is 0 Å². The predicted octanol–water partition coefficient (Wildman–Crippen LogP) is 4.35. The van der Waals surface area contributed by atoms with Gasteiger partial charge in [-0.2, -0.15) is 5.10 Å². The van der Waals surface area contributed by atoms with Crippen LogP contribution in [0.5, 0.6) is 0 Å². The van der Waals surface area contributed by atoms with Crippen molar-refractivity contribution in [3.05, 3.63) is 67.4 Å². The lowest BCUT2D eigenvalue weighted by molar-refractivity contribution is -0.117. The van der Waals surface area contributed by atoms with Gasteiger partial charge in [-0.1, -0.05) is 0 Å². The van der Waals surface area contributed by atoms with Crippen LogP contribution < -0.4 is 10.6 Å². The second-order valence-electron chi connectivity index (χ2n) is 9.95. The van der Waals surface area contributed by atoms with Gasteiger partial charge in [-0.3, -0.25) is 19.9 Å². The highest BCUT2D eigenvalue weighted by Gasteiger charge is 2.19. The Bertz CT molecular complexity index is 1820. The van der Waals surface area contributed by atoms with E-state index in [2.05, 4.69) is 40.8 Å². The van der Waals surface area contributed by atoms with E-state index in [-0.39, 0.29) is 5.91 Å². The Balaban J connectivity index is 1.19. The maximum atomic E-state index is 12.7. The molecule has 0 bridgehead atoms. The first-order valence-electron chi connectivity index (χ1n) is 13.3. The number of aromatic amines is 2. The van der Waals surface area contributed by atoms with Crippen molar-refractivity contribution >= 4 is 33.8 Å². The second-order valence-corrected chi connectivity index (χ2v) is 9.95. The summed E-state index contributed by atoms with van der Waals surface area (Å²) in [5.74, 6) is 0.989. The van der Waals surface area contributed by atoms with Crippen molar-refractivity contribution < 1.29 is 4.79 Å². The zero-order chi connectivity index (χ0) is 26.9. The van der Waals surface area contributed by atoms with E-state index in [9.17, 15) is 4.79 Å². The molecule has 198 valence electrons. The lowest BCUT2D eigenvalue weighted by atomic mass is 9.94. The van der Waals surface area contributed by atoms with Crippen molar-refractivity contribution in [3.8, 4) is 33.9 Å². The molecule has 0 saturated carbocycles. The number of hydrogen-bond donors (Lipinski definition) is 4. The third-order valence-electron chi connectivity index (χ3n) is 7.27. The maximum absolute atomic E-state index is 12.7. The molecule has 1 amide bonds. The molecule has 0 aromatic carbocycles. The smallest absolute Gasteiger partial charge is 0.224 e. The second kappa shape index (κ2) is 10.3. The predicted molar refractivity (Wildman–Crippen MR) is 152 cm³/mol. The molecule has 11 heteroatoms. The van der Waals surface area contributed by atoms with Crippen LogP contribution in [-0.4, -0.2) is 59.1 Å². The number of carbonyl (C=O) groups excluding carboxylic acids is 1. The Hall–Kier alpha value is -5.03. The van der Waals surface area contributed by atoms with Crippen LogP contribution in [0.2, 0.25) is 0 Å². The van der Waals surface area contributed by atoms with E-state index in [1.165, 1.54) is 0 Å². The van der Waals surface area contributed by atoms with Crippen LogP contribution >= 0.6 is 0 Å². The topological polar surface area (TPSA) is 150 Å². The van der Waals surface area contributed by atoms with Crippen LogP contribution in [0.3, 0.4) is 0 Å². The van der Waals surface area contributed by atoms with E-state index in [4.69, 9.17) is 9.97 Å². The Kier molecular flexibility index (Phi) is 6.17. The van der Waals surface area contributed by atoms with E-state index in [0.29, 0.717) is 46.4 Å². The van der Waals surface area contributed by atoms with Crippen LogP contribution in [0.1, 0.15) is 19.3 Å². The molecule has 40 heavy (non-hydrogen) atoms. The molecule has 1 aliphatic rings. The lowest BCUT2D eigenvalue weighted by Crippen LogP contribution is -2.30. The first-order chi connectivity index (χ1) is 19.7. The normalized spacial score (nSPS) is 14.1. The summed E-state index contributed by atoms with van der Waals surface area (Å²) >= 11 is 0. The maximum Gasteiger partial charge on any atom is 0.224 e. The van der Waals surface area contributed by atoms with Gasteiger partial charge in [0, 0.05) is 42.3 Å². The summed E-state index contributed by atoms with van der Waals surface area (Å²) < 4.78 is 0. The number of rotatable bonds is 6. The average molecular weight is 531 g/mol. The van der Waals surface area contributed by atoms with Crippen LogP contribution in [-0.2, 0) is 4.79 Å². The number of imidazole rings is 1. The number of pyridine rings is 4. The quantitative estimate of drug-likeness (QED) is 0.248. The number of hydrogen-bond acceptors (Lipinski definition) is 8. The van der Waals surface area contributed by atoms with E-state index in [1.807, 2.05) is 36.4 Å². The molecule has 0 radical (unpaired) electrons. The first-order valence-corrected chi connectivity index (χ1v) is 13.3. The van der Waals surface area contributed by atoms with Gasteiger partial charge in [-0.05, 0) is 73.8 Å². The molecule has 0 unspecified atom stereocenters. The zero-order valence-corrected chi connectivity index (χ0v) is 21.6. The Morgan fingerprint density at radius 2 is 1.82 bits per heavy atom. The SMILES string of the molecule is O=C(CC1CCNCC1)Nc1cncc(-c2ccc3[nH]nc(-c4nc5nccc(-c6ccncc6)c5[nH]4)c3n2)c1. The molecule has 7 rings (SSSR count). The van der Waals surface area contributed by atoms with Crippen molar-refractivity contribution in [2.24, 2.45) is 5.92 Å². The molecule has 11 nitrogen and oxygen atoms in total. The summed E-state index contributed by atoms with van der Waals surface area (Å²) in [6.45, 7) is 1.94. The van der Waals surface area contributed by atoms with Gasteiger partial charge in [0.05, 0.1) is 28.6 Å². The van der Waals surface area contributed by atoms with Crippen LogP contribution in [0, 0.1) is 5.92 Å². The first kappa shape index (κ1) is 24.0. The summed E-state index contributed by atoms with van der Waals surface area (Å²) in [6, 6.07) is 11.6. The molecule has 1 fully saturated rings. The fraction of sp³-hybridized carbons (Fsp3) is 0.207. The highest BCUT2D eigenvalue weighted by atomic mass is 16.1. The molecule has 6 aromatic rings. The molecule has 1 aliphatic heterocycles. The minimum atomic E-state index is 0.0102. The van der Waals surface area contributed by atoms with Gasteiger partial charge < -0.3 is 15.6 Å². The van der Waals surface area contributed by atoms with Crippen molar-refractivity contribution in [2.45, 2.75) is 19.3 Å². The van der Waals surface area contributed by atoms with Gasteiger partial charge in [-0.15, -0.1) is 0 Å². The number of H-pyrrole nitrogens is 2. The van der Waals surface area contributed by atoms with Gasteiger partial charge in [0.2, 0.25) is 5.91 Å². The number of aromatic nitrogens is 8. The number of nitrogens with zero attached hydrogens (tertiary/aromatic N) is 6. The summed E-state index contributed by atoms with van der Waals surface area (Å²) in [5.41, 5.74) is 7.59. The third kappa shape index (κ3) is 4.67. The molecule has 6 aromatic heterocycles. The van der Waals surface area contributed by atoms with E-state index in [0.717, 1.165) is 53.7 Å². The summed E-state index contributed by atoms with van der Waals surface area (Å²) in [7, 11) is 0. The number of anilines is 1. The number of nitrogens with one attached hydrogen (secondary N) is 4. The lowest BCUT2D eigenvalue weighted by Gasteiger charge is -2.21. The fourth-order valence-electron chi connectivity index (χ4n) is 5.23. The molecule has 0 aliphatic carbocycles. The van der Waals surface area contributed by atoms with Gasteiger partial charge >= 0.3 is 0 Å². The molecule has 4 N–H and O–H groups in total. The van der Waals surface area contributed by atoms with E-state index >= 15 is 0 Å². The standard InChI is InChI=1S/C29H26N10O/c40-24(13-17-3-8-30-9-4-17)34-20-14-19(15-32-16-20)22-1-2-23-26(35-22)27(39-38-23)29-36-25-21(7-12-33-28(25)37-29)18-5-10-31-11-6-18/h1-2,5-7,10-12,14-17,30H,3-4,8-9,13H2,(H,34,40)(H,38,39)(H,33,36,37). The third-order valence-corrected chi connectivity index (χ3v) is 7.27. The Morgan fingerprint density at radius 1 is 0.950 bits per heavy atom. The summed E-state index contributed by atoms with van der Waals surface area (Å²) in [5, 5.41) is 13.9. The zero-order valence-electron chi connectivity index (χ0n) is 21.6. The molecule has 7 heterocycles. The van der Waals surface area contributed by atoms with Crippen molar-refractivity contribution in [1.82, 2.24) is 45.4 Å². The Labute approximate surface area is 228 Å². The molecule has 0 atom stereocenters. The number of fused-ring (bicyclic) bond motifs is 2. The molecular formula is C29H26N10O. The summed E-state index contributed by atoms with van der Waals surface area (Å²) in [4.78, 5) is 38.6. The molecule has 1 saturated heterocycles. The highest BCUT2D eigenvalue weighted by Crippen LogP contribution is 2.31. The van der Waals surface area contributed by atoms with E-state index in [1.54, 1.807) is 31.0 Å². The van der Waals surface area contributed by atoms with Gasteiger partial charge in [-0.25, -0.2) is 15.0 Å². The van der Waals surface area contributed by atoms with Crippen molar-refractivity contribution in [2.75, 3.05) is 18.4 Å².